The molecule has 2 aromatic heterocycles. The summed E-state index contributed by atoms with van der Waals surface area (Å²) >= 11 is 0. The molecule has 0 saturated carbocycles. The van der Waals surface area contributed by atoms with Gasteiger partial charge in [-0.25, -0.2) is 0 Å². The third-order valence-electron chi connectivity index (χ3n) is 6.05. The van der Waals surface area contributed by atoms with E-state index in [4.69, 9.17) is 14.2 Å². The molecule has 0 amide bonds. The minimum atomic E-state index is 0.491. The fraction of sp³-hybridized carbons (Fsp3) is 0.310. The Hall–Kier alpha value is -3.60. The van der Waals surface area contributed by atoms with E-state index in [9.17, 15) is 0 Å². The van der Waals surface area contributed by atoms with Gasteiger partial charge in [-0.1, -0.05) is 32.0 Å². The van der Waals surface area contributed by atoms with Crippen LogP contribution in [0.4, 0.5) is 5.69 Å². The van der Waals surface area contributed by atoms with Crippen molar-refractivity contribution >= 4 is 11.2 Å². The standard InChI is InChI=1S/C29H34N2O3/c1-21(2)26-20-31-16-6-5-8-27(31)25(26)18-22-9-12-24(13-10-22)34-17-7-15-30-23-11-14-28(32-3)29(19-23)33-4/h5-6,8-14,16,19-21,30H,7,15,17-18H2,1-4H3. The van der Waals surface area contributed by atoms with Crippen molar-refractivity contribution in [1.82, 2.24) is 4.40 Å². The molecule has 2 heterocycles. The third-order valence-corrected chi connectivity index (χ3v) is 6.05. The van der Waals surface area contributed by atoms with Gasteiger partial charge in [-0.05, 0) is 71.8 Å². The Morgan fingerprint density at radius 1 is 0.912 bits per heavy atom. The minimum absolute atomic E-state index is 0.491. The lowest BCUT2D eigenvalue weighted by Gasteiger charge is -2.12. The molecule has 4 rings (SSSR count). The van der Waals surface area contributed by atoms with Gasteiger partial charge < -0.3 is 23.9 Å². The van der Waals surface area contributed by atoms with E-state index in [1.54, 1.807) is 14.2 Å². The molecule has 0 aliphatic rings. The van der Waals surface area contributed by atoms with Crippen LogP contribution in [0.15, 0.2) is 73.1 Å². The van der Waals surface area contributed by atoms with Gasteiger partial charge in [-0.2, -0.15) is 0 Å². The van der Waals surface area contributed by atoms with Crippen molar-refractivity contribution < 1.29 is 14.2 Å². The van der Waals surface area contributed by atoms with Gasteiger partial charge in [0, 0.05) is 36.2 Å². The van der Waals surface area contributed by atoms with Crippen LogP contribution in [0, 0.1) is 0 Å². The van der Waals surface area contributed by atoms with Crippen molar-refractivity contribution in [3.05, 3.63) is 89.7 Å². The van der Waals surface area contributed by atoms with Crippen LogP contribution in [-0.2, 0) is 6.42 Å². The molecule has 2 aromatic carbocycles. The Labute approximate surface area is 202 Å². The lowest BCUT2D eigenvalue weighted by Crippen LogP contribution is -2.07. The van der Waals surface area contributed by atoms with E-state index in [1.165, 1.54) is 22.2 Å². The van der Waals surface area contributed by atoms with Gasteiger partial charge >= 0.3 is 0 Å². The summed E-state index contributed by atoms with van der Waals surface area (Å²) in [6, 6.07) is 20.7. The zero-order valence-electron chi connectivity index (χ0n) is 20.5. The van der Waals surface area contributed by atoms with Crippen LogP contribution in [0.3, 0.4) is 0 Å². The third kappa shape index (κ3) is 5.48. The van der Waals surface area contributed by atoms with Gasteiger partial charge in [-0.3, -0.25) is 0 Å². The highest BCUT2D eigenvalue weighted by Crippen LogP contribution is 2.30. The highest BCUT2D eigenvalue weighted by Gasteiger charge is 2.13. The van der Waals surface area contributed by atoms with E-state index in [2.05, 4.69) is 78.4 Å². The van der Waals surface area contributed by atoms with Crippen LogP contribution in [-0.4, -0.2) is 31.8 Å². The molecular weight excluding hydrogens is 424 g/mol. The summed E-state index contributed by atoms with van der Waals surface area (Å²) in [6.07, 6.45) is 6.21. The van der Waals surface area contributed by atoms with Crippen molar-refractivity contribution in [2.45, 2.75) is 32.6 Å². The summed E-state index contributed by atoms with van der Waals surface area (Å²) in [6.45, 7) is 5.99. The molecule has 5 heteroatoms. The van der Waals surface area contributed by atoms with Crippen LogP contribution >= 0.6 is 0 Å². The number of rotatable bonds is 11. The Kier molecular flexibility index (Phi) is 7.63. The van der Waals surface area contributed by atoms with Gasteiger partial charge in [0.05, 0.1) is 20.8 Å². The molecule has 0 saturated heterocycles. The fourth-order valence-electron chi connectivity index (χ4n) is 4.24. The first-order valence-electron chi connectivity index (χ1n) is 11.8. The first kappa shape index (κ1) is 23.6. The maximum atomic E-state index is 5.96. The van der Waals surface area contributed by atoms with E-state index in [1.807, 2.05) is 18.2 Å². The summed E-state index contributed by atoms with van der Waals surface area (Å²) in [4.78, 5) is 0. The smallest absolute Gasteiger partial charge is 0.162 e. The molecule has 34 heavy (non-hydrogen) atoms. The second-order valence-electron chi connectivity index (χ2n) is 8.73. The number of pyridine rings is 1. The molecule has 0 aliphatic heterocycles. The molecule has 4 aromatic rings. The van der Waals surface area contributed by atoms with Gasteiger partial charge in [0.2, 0.25) is 0 Å². The zero-order valence-corrected chi connectivity index (χ0v) is 20.5. The first-order chi connectivity index (χ1) is 16.6. The molecule has 1 N–H and O–H groups in total. The highest BCUT2D eigenvalue weighted by molar-refractivity contribution is 5.61. The number of anilines is 1. The molecule has 0 fully saturated rings. The van der Waals surface area contributed by atoms with Crippen molar-refractivity contribution in [2.75, 3.05) is 32.7 Å². The van der Waals surface area contributed by atoms with Crippen molar-refractivity contribution in [3.8, 4) is 17.2 Å². The molecule has 0 spiro atoms. The number of fused-ring (bicyclic) bond motifs is 1. The molecular formula is C29H34N2O3. The summed E-state index contributed by atoms with van der Waals surface area (Å²) < 4.78 is 18.8. The predicted molar refractivity (Wildman–Crippen MR) is 139 cm³/mol. The summed E-state index contributed by atoms with van der Waals surface area (Å²) in [7, 11) is 3.28. The first-order valence-corrected chi connectivity index (χ1v) is 11.8. The Balaban J connectivity index is 1.29. The number of benzene rings is 2. The average Bonchev–Trinajstić information content (AvgIpc) is 3.23. The topological polar surface area (TPSA) is 44.1 Å². The van der Waals surface area contributed by atoms with Crippen molar-refractivity contribution in [2.24, 2.45) is 0 Å². The molecule has 0 bridgehead atoms. The quantitative estimate of drug-likeness (QED) is 0.259. The van der Waals surface area contributed by atoms with Gasteiger partial charge in [0.15, 0.2) is 11.5 Å². The molecule has 178 valence electrons. The second kappa shape index (κ2) is 11.0. The van der Waals surface area contributed by atoms with E-state index < -0.39 is 0 Å². The number of methoxy groups -OCH3 is 2. The van der Waals surface area contributed by atoms with Crippen LogP contribution < -0.4 is 19.5 Å². The summed E-state index contributed by atoms with van der Waals surface area (Å²) in [5.74, 6) is 2.84. The molecule has 0 radical (unpaired) electrons. The normalized spacial score (nSPS) is 11.1. The number of aromatic nitrogens is 1. The van der Waals surface area contributed by atoms with Crippen LogP contribution in [0.2, 0.25) is 0 Å². The number of hydrogen-bond acceptors (Lipinski definition) is 4. The van der Waals surface area contributed by atoms with E-state index >= 15 is 0 Å². The minimum Gasteiger partial charge on any atom is -0.494 e. The Morgan fingerprint density at radius 3 is 2.44 bits per heavy atom. The van der Waals surface area contributed by atoms with Gasteiger partial charge in [-0.15, -0.1) is 0 Å². The van der Waals surface area contributed by atoms with Gasteiger partial charge in [0.25, 0.3) is 0 Å². The maximum absolute atomic E-state index is 5.96. The van der Waals surface area contributed by atoms with Crippen molar-refractivity contribution in [1.29, 1.82) is 0 Å². The molecule has 0 unspecified atom stereocenters. The SMILES string of the molecule is COc1ccc(NCCCOc2ccc(Cc3c(C(C)C)cn4ccccc34)cc2)cc1OC. The number of ether oxygens (including phenoxy) is 3. The van der Waals surface area contributed by atoms with Crippen molar-refractivity contribution in [3.63, 3.8) is 0 Å². The summed E-state index contributed by atoms with van der Waals surface area (Å²) in [5.41, 5.74) is 6.40. The fourth-order valence-corrected chi connectivity index (χ4v) is 4.24. The van der Waals surface area contributed by atoms with Crippen LogP contribution in [0.25, 0.3) is 5.52 Å². The van der Waals surface area contributed by atoms with Crippen LogP contribution in [0.5, 0.6) is 17.2 Å². The average molecular weight is 459 g/mol. The Morgan fingerprint density at radius 2 is 1.71 bits per heavy atom. The predicted octanol–water partition coefficient (Wildman–Crippen LogP) is 6.55. The second-order valence-corrected chi connectivity index (χ2v) is 8.73. The zero-order chi connectivity index (χ0) is 23.9. The molecule has 0 atom stereocenters. The largest absolute Gasteiger partial charge is 0.494 e. The van der Waals surface area contributed by atoms with E-state index in [0.717, 1.165) is 42.3 Å². The van der Waals surface area contributed by atoms with E-state index in [0.29, 0.717) is 12.5 Å². The number of nitrogens with zero attached hydrogens (tertiary/aromatic N) is 1. The molecule has 5 nitrogen and oxygen atoms in total. The lowest BCUT2D eigenvalue weighted by molar-refractivity contribution is 0.315. The monoisotopic (exact) mass is 458 g/mol. The van der Waals surface area contributed by atoms with E-state index in [-0.39, 0.29) is 0 Å². The van der Waals surface area contributed by atoms with Gasteiger partial charge in [0.1, 0.15) is 5.75 Å². The number of nitrogens with one attached hydrogen (secondary N) is 1. The Bertz CT molecular complexity index is 1210. The van der Waals surface area contributed by atoms with Crippen LogP contribution in [0.1, 0.15) is 42.9 Å². The lowest BCUT2D eigenvalue weighted by atomic mass is 9.96. The highest BCUT2D eigenvalue weighted by atomic mass is 16.5. The molecule has 0 aliphatic carbocycles. The summed E-state index contributed by atoms with van der Waals surface area (Å²) in [5, 5.41) is 3.40. The maximum Gasteiger partial charge on any atom is 0.162 e. The number of hydrogen-bond donors (Lipinski definition) is 1.